The second-order valence-corrected chi connectivity index (χ2v) is 7.66. The third-order valence-electron chi connectivity index (χ3n) is 5.39. The largest absolute Gasteiger partial charge is 0.468 e. The zero-order valence-electron chi connectivity index (χ0n) is 16.4. The van der Waals surface area contributed by atoms with E-state index in [2.05, 4.69) is 4.98 Å². The summed E-state index contributed by atoms with van der Waals surface area (Å²) in [5.74, 6) is -0.840. The molecule has 0 spiro atoms. The van der Waals surface area contributed by atoms with Crippen LogP contribution in [0.25, 0.3) is 10.9 Å². The molecular formula is C22H21ClFN3O3. The van der Waals surface area contributed by atoms with Crippen LogP contribution in [0, 0.1) is 5.82 Å². The molecule has 1 saturated heterocycles. The maximum absolute atomic E-state index is 13.4. The van der Waals surface area contributed by atoms with E-state index in [9.17, 15) is 14.0 Å². The molecule has 6 nitrogen and oxygen atoms in total. The predicted molar refractivity (Wildman–Crippen MR) is 112 cm³/mol. The molecule has 1 fully saturated rings. The minimum atomic E-state index is -0.555. The molecule has 0 bridgehead atoms. The number of rotatable bonds is 4. The van der Waals surface area contributed by atoms with Gasteiger partial charge >= 0.3 is 5.97 Å². The van der Waals surface area contributed by atoms with Gasteiger partial charge in [0, 0.05) is 42.1 Å². The number of nitrogens with one attached hydrogen (secondary N) is 1. The summed E-state index contributed by atoms with van der Waals surface area (Å²) in [5.41, 5.74) is 1.93. The number of aromatic nitrogens is 1. The number of nitrogens with zero attached hydrogens (tertiary/aromatic N) is 2. The molecule has 1 N–H and O–H groups in total. The lowest BCUT2D eigenvalue weighted by Gasteiger charge is -2.38. The average Bonchev–Trinajstić information content (AvgIpc) is 3.18. The van der Waals surface area contributed by atoms with Crippen LogP contribution in [0.15, 0.2) is 48.5 Å². The number of halogens is 2. The van der Waals surface area contributed by atoms with Gasteiger partial charge in [0.2, 0.25) is 0 Å². The van der Waals surface area contributed by atoms with Gasteiger partial charge in [0.25, 0.3) is 5.91 Å². The molecule has 1 unspecified atom stereocenters. The lowest BCUT2D eigenvalue weighted by molar-refractivity contribution is -0.148. The van der Waals surface area contributed by atoms with E-state index in [-0.39, 0.29) is 17.7 Å². The third kappa shape index (κ3) is 4.04. The summed E-state index contributed by atoms with van der Waals surface area (Å²) in [7, 11) is 1.36. The highest BCUT2D eigenvalue weighted by atomic mass is 35.5. The molecule has 2 heterocycles. The van der Waals surface area contributed by atoms with E-state index in [1.807, 2.05) is 17.0 Å². The van der Waals surface area contributed by atoms with E-state index in [1.54, 1.807) is 29.2 Å². The Bertz CT molecular complexity index is 1070. The van der Waals surface area contributed by atoms with Crippen LogP contribution in [-0.4, -0.2) is 59.9 Å². The van der Waals surface area contributed by atoms with Crippen molar-refractivity contribution in [2.24, 2.45) is 0 Å². The van der Waals surface area contributed by atoms with Gasteiger partial charge < -0.3 is 14.6 Å². The third-order valence-corrected chi connectivity index (χ3v) is 5.64. The number of aromatic amines is 1. The Morgan fingerprint density at radius 1 is 1.07 bits per heavy atom. The topological polar surface area (TPSA) is 65.6 Å². The first-order valence-electron chi connectivity index (χ1n) is 9.61. The fourth-order valence-corrected chi connectivity index (χ4v) is 3.95. The number of hydrogen-bond donors (Lipinski definition) is 1. The number of H-pyrrole nitrogens is 1. The molecule has 4 rings (SSSR count). The molecule has 156 valence electrons. The molecule has 1 amide bonds. The van der Waals surface area contributed by atoms with E-state index in [4.69, 9.17) is 16.3 Å². The zero-order chi connectivity index (χ0) is 21.3. The van der Waals surface area contributed by atoms with Gasteiger partial charge in [-0.05, 0) is 42.0 Å². The summed E-state index contributed by atoms with van der Waals surface area (Å²) in [6, 6.07) is 12.6. The van der Waals surface area contributed by atoms with Gasteiger partial charge in [-0.3, -0.25) is 9.69 Å². The number of hydrogen-bond acceptors (Lipinski definition) is 4. The molecule has 2 aromatic carbocycles. The van der Waals surface area contributed by atoms with Crippen LogP contribution in [0.1, 0.15) is 22.1 Å². The van der Waals surface area contributed by atoms with Crippen LogP contribution >= 0.6 is 11.6 Å². The van der Waals surface area contributed by atoms with Crippen LogP contribution < -0.4 is 0 Å². The zero-order valence-corrected chi connectivity index (χ0v) is 17.2. The fraction of sp³-hybridized carbons (Fsp3) is 0.273. The Morgan fingerprint density at radius 3 is 2.43 bits per heavy atom. The second kappa shape index (κ2) is 8.45. The summed E-state index contributed by atoms with van der Waals surface area (Å²) in [6.45, 7) is 1.96. The van der Waals surface area contributed by atoms with Crippen molar-refractivity contribution in [1.82, 2.24) is 14.8 Å². The van der Waals surface area contributed by atoms with Crippen molar-refractivity contribution in [3.8, 4) is 0 Å². The maximum Gasteiger partial charge on any atom is 0.327 e. The van der Waals surface area contributed by atoms with Gasteiger partial charge in [0.1, 0.15) is 17.6 Å². The Balaban J connectivity index is 1.47. The van der Waals surface area contributed by atoms with Gasteiger partial charge in [0.15, 0.2) is 0 Å². The molecule has 1 aromatic heterocycles. The summed E-state index contributed by atoms with van der Waals surface area (Å²) in [4.78, 5) is 32.1. The first-order valence-corrected chi connectivity index (χ1v) is 9.99. The number of carbonyl (C=O) groups is 2. The van der Waals surface area contributed by atoms with Gasteiger partial charge in [-0.15, -0.1) is 0 Å². The van der Waals surface area contributed by atoms with Gasteiger partial charge in [-0.1, -0.05) is 23.7 Å². The van der Waals surface area contributed by atoms with E-state index >= 15 is 0 Å². The maximum atomic E-state index is 13.4. The van der Waals surface area contributed by atoms with E-state index in [1.165, 1.54) is 19.2 Å². The Labute approximate surface area is 178 Å². The Kier molecular flexibility index (Phi) is 5.74. The van der Waals surface area contributed by atoms with Crippen molar-refractivity contribution in [3.63, 3.8) is 0 Å². The Morgan fingerprint density at radius 2 is 1.77 bits per heavy atom. The number of methoxy groups -OCH3 is 1. The number of benzene rings is 2. The SMILES string of the molecule is COC(=O)C(c1ccc(Cl)cc1)N1CCN(C(=O)c2cc3cc(F)ccc3[nH]2)CC1. The van der Waals surface area contributed by atoms with E-state index in [0.717, 1.165) is 5.56 Å². The molecule has 1 aliphatic rings. The van der Waals surface area contributed by atoms with Crippen LogP contribution in [0.3, 0.4) is 0 Å². The number of esters is 1. The highest BCUT2D eigenvalue weighted by molar-refractivity contribution is 6.30. The number of fused-ring (bicyclic) bond motifs is 1. The van der Waals surface area contributed by atoms with Crippen molar-refractivity contribution in [3.05, 3.63) is 70.6 Å². The quantitative estimate of drug-likeness (QED) is 0.643. The molecule has 0 saturated carbocycles. The monoisotopic (exact) mass is 429 g/mol. The van der Waals surface area contributed by atoms with Gasteiger partial charge in [-0.2, -0.15) is 0 Å². The molecule has 30 heavy (non-hydrogen) atoms. The van der Waals surface area contributed by atoms with Crippen LogP contribution in [0.4, 0.5) is 4.39 Å². The van der Waals surface area contributed by atoms with Crippen LogP contribution in [0.2, 0.25) is 5.02 Å². The minimum absolute atomic E-state index is 0.146. The van der Waals surface area contributed by atoms with E-state index in [0.29, 0.717) is 47.8 Å². The number of amides is 1. The van der Waals surface area contributed by atoms with Gasteiger partial charge in [-0.25, -0.2) is 9.18 Å². The summed E-state index contributed by atoms with van der Waals surface area (Å²) in [6.07, 6.45) is 0. The van der Waals surface area contributed by atoms with Crippen molar-refractivity contribution >= 4 is 34.4 Å². The Hall–Kier alpha value is -2.90. The normalized spacial score (nSPS) is 15.9. The first-order chi connectivity index (χ1) is 14.5. The average molecular weight is 430 g/mol. The van der Waals surface area contributed by atoms with Crippen molar-refractivity contribution < 1.29 is 18.7 Å². The van der Waals surface area contributed by atoms with Crippen LogP contribution in [-0.2, 0) is 9.53 Å². The molecule has 8 heteroatoms. The second-order valence-electron chi connectivity index (χ2n) is 7.22. The molecular weight excluding hydrogens is 409 g/mol. The predicted octanol–water partition coefficient (Wildman–Crippen LogP) is 3.63. The number of carbonyl (C=O) groups excluding carboxylic acids is 2. The molecule has 1 aliphatic heterocycles. The smallest absolute Gasteiger partial charge is 0.327 e. The summed E-state index contributed by atoms with van der Waals surface area (Å²) >= 11 is 5.97. The van der Waals surface area contributed by atoms with Crippen molar-refractivity contribution in [2.75, 3.05) is 33.3 Å². The van der Waals surface area contributed by atoms with Crippen LogP contribution in [0.5, 0.6) is 0 Å². The molecule has 3 aromatic rings. The first kappa shape index (κ1) is 20.4. The fourth-order valence-electron chi connectivity index (χ4n) is 3.82. The standard InChI is InChI=1S/C22H21ClFN3O3/c1-30-22(29)20(14-2-4-16(23)5-3-14)26-8-10-27(11-9-26)21(28)19-13-15-12-17(24)6-7-18(15)25-19/h2-7,12-13,20,25H,8-11H2,1H3. The summed E-state index contributed by atoms with van der Waals surface area (Å²) in [5, 5.41) is 1.25. The lowest BCUT2D eigenvalue weighted by atomic mass is 10.0. The van der Waals surface area contributed by atoms with Crippen molar-refractivity contribution in [2.45, 2.75) is 6.04 Å². The number of ether oxygens (including phenoxy) is 1. The highest BCUT2D eigenvalue weighted by Crippen LogP contribution is 2.26. The summed E-state index contributed by atoms with van der Waals surface area (Å²) < 4.78 is 18.4. The van der Waals surface area contributed by atoms with Crippen molar-refractivity contribution in [1.29, 1.82) is 0 Å². The molecule has 0 radical (unpaired) electrons. The minimum Gasteiger partial charge on any atom is -0.468 e. The lowest BCUT2D eigenvalue weighted by Crippen LogP contribution is -2.51. The van der Waals surface area contributed by atoms with E-state index < -0.39 is 6.04 Å². The molecule has 1 atom stereocenters. The molecule has 0 aliphatic carbocycles. The highest BCUT2D eigenvalue weighted by Gasteiger charge is 2.32. The van der Waals surface area contributed by atoms with Gasteiger partial charge in [0.05, 0.1) is 7.11 Å². The number of piperazine rings is 1.